The number of rotatable bonds is 7. The Labute approximate surface area is 106 Å². The minimum Gasteiger partial charge on any atom is -0.481 e. The van der Waals surface area contributed by atoms with Crippen molar-refractivity contribution in [2.75, 3.05) is 19.7 Å². The van der Waals surface area contributed by atoms with Crippen LogP contribution in [0.25, 0.3) is 0 Å². The zero-order chi connectivity index (χ0) is 14.2. The van der Waals surface area contributed by atoms with Crippen molar-refractivity contribution in [2.45, 2.75) is 27.2 Å². The molecule has 104 valence electrons. The molecule has 0 atom stereocenters. The minimum absolute atomic E-state index is 0.00751. The van der Waals surface area contributed by atoms with Crippen molar-refractivity contribution in [1.29, 1.82) is 0 Å². The molecular formula is C11H20N2O5. The topological polar surface area (TPSA) is 105 Å². The van der Waals surface area contributed by atoms with Gasteiger partial charge in [0.2, 0.25) is 0 Å². The van der Waals surface area contributed by atoms with Crippen molar-refractivity contribution in [3.63, 3.8) is 0 Å². The zero-order valence-electron chi connectivity index (χ0n) is 10.9. The van der Waals surface area contributed by atoms with Crippen molar-refractivity contribution < 1.29 is 24.2 Å². The van der Waals surface area contributed by atoms with Gasteiger partial charge in [0.15, 0.2) is 0 Å². The molecule has 0 aromatic heterocycles. The van der Waals surface area contributed by atoms with Gasteiger partial charge in [0.05, 0.1) is 18.4 Å². The summed E-state index contributed by atoms with van der Waals surface area (Å²) in [5.41, 5.74) is -1.03. The Morgan fingerprint density at radius 3 is 2.33 bits per heavy atom. The van der Waals surface area contributed by atoms with Crippen molar-refractivity contribution in [2.24, 2.45) is 5.41 Å². The number of ether oxygens (including phenoxy) is 1. The average Bonchev–Trinajstić information content (AvgIpc) is 2.26. The zero-order valence-corrected chi connectivity index (χ0v) is 10.9. The number of aliphatic carboxylic acids is 1. The molecule has 0 radical (unpaired) electrons. The average molecular weight is 260 g/mol. The number of hydrogen-bond acceptors (Lipinski definition) is 4. The van der Waals surface area contributed by atoms with E-state index in [4.69, 9.17) is 5.11 Å². The van der Waals surface area contributed by atoms with Crippen LogP contribution in [0.5, 0.6) is 0 Å². The molecule has 0 saturated carbocycles. The molecule has 0 saturated heterocycles. The fourth-order valence-corrected chi connectivity index (χ4v) is 0.951. The van der Waals surface area contributed by atoms with E-state index < -0.39 is 17.4 Å². The van der Waals surface area contributed by atoms with Crippen molar-refractivity contribution in [3.05, 3.63) is 0 Å². The Morgan fingerprint density at radius 2 is 1.83 bits per heavy atom. The normalized spacial score (nSPS) is 10.6. The third-order valence-electron chi connectivity index (χ3n) is 2.19. The molecule has 7 nitrogen and oxygen atoms in total. The predicted molar refractivity (Wildman–Crippen MR) is 64.1 cm³/mol. The van der Waals surface area contributed by atoms with Crippen molar-refractivity contribution in [1.82, 2.24) is 10.6 Å². The molecule has 3 N–H and O–H groups in total. The number of amides is 2. The fourth-order valence-electron chi connectivity index (χ4n) is 0.951. The first-order valence-electron chi connectivity index (χ1n) is 5.70. The highest BCUT2D eigenvalue weighted by atomic mass is 16.5. The summed E-state index contributed by atoms with van der Waals surface area (Å²) in [5, 5.41) is 13.7. The second-order valence-corrected chi connectivity index (χ2v) is 4.35. The lowest BCUT2D eigenvalue weighted by Gasteiger charge is -2.19. The molecule has 0 heterocycles. The predicted octanol–water partition coefficient (Wildman–Crippen LogP) is 0.350. The molecular weight excluding hydrogens is 240 g/mol. The molecule has 0 spiro atoms. The van der Waals surface area contributed by atoms with Crippen molar-refractivity contribution in [3.8, 4) is 0 Å². The van der Waals surface area contributed by atoms with Gasteiger partial charge < -0.3 is 20.5 Å². The van der Waals surface area contributed by atoms with E-state index in [0.717, 1.165) is 0 Å². The second kappa shape index (κ2) is 7.52. The van der Waals surface area contributed by atoms with E-state index in [1.54, 1.807) is 6.92 Å². The summed E-state index contributed by atoms with van der Waals surface area (Å²) in [6, 6.07) is -0.506. The molecule has 2 amide bonds. The number of carbonyl (C=O) groups is 3. The summed E-state index contributed by atoms with van der Waals surface area (Å²) >= 11 is 0. The van der Waals surface area contributed by atoms with Crippen LogP contribution in [0.2, 0.25) is 0 Å². The second-order valence-electron chi connectivity index (χ2n) is 4.35. The van der Waals surface area contributed by atoms with E-state index in [1.165, 1.54) is 13.8 Å². The van der Waals surface area contributed by atoms with E-state index in [2.05, 4.69) is 15.4 Å². The van der Waals surface area contributed by atoms with Crippen LogP contribution < -0.4 is 10.6 Å². The van der Waals surface area contributed by atoms with Gasteiger partial charge in [-0.1, -0.05) is 0 Å². The first-order chi connectivity index (χ1) is 8.29. The van der Waals surface area contributed by atoms with Gasteiger partial charge in [-0.2, -0.15) is 0 Å². The quantitative estimate of drug-likeness (QED) is 0.573. The maximum absolute atomic E-state index is 11.3. The number of hydrogen-bond donors (Lipinski definition) is 3. The van der Waals surface area contributed by atoms with Crippen LogP contribution in [-0.2, 0) is 14.3 Å². The molecule has 0 aliphatic carbocycles. The third-order valence-corrected chi connectivity index (χ3v) is 2.19. The van der Waals surface area contributed by atoms with Gasteiger partial charge in [-0.05, 0) is 20.8 Å². The Bertz CT molecular complexity index is 315. The SMILES string of the molecule is CCOC(=O)CCNC(=O)NCC(C)(C)C(=O)O. The molecule has 0 aliphatic heterocycles. The summed E-state index contributed by atoms with van der Waals surface area (Å²) in [7, 11) is 0. The number of carboxylic acid groups (broad SMARTS) is 1. The largest absolute Gasteiger partial charge is 0.481 e. The lowest BCUT2D eigenvalue weighted by molar-refractivity contribution is -0.146. The summed E-state index contributed by atoms with van der Waals surface area (Å²) in [4.78, 5) is 33.0. The van der Waals surface area contributed by atoms with Gasteiger partial charge >= 0.3 is 18.0 Å². The van der Waals surface area contributed by atoms with Gasteiger partial charge in [-0.25, -0.2) is 4.79 Å². The van der Waals surface area contributed by atoms with E-state index in [0.29, 0.717) is 6.61 Å². The van der Waals surface area contributed by atoms with Crippen LogP contribution in [0, 0.1) is 5.41 Å². The highest BCUT2D eigenvalue weighted by Crippen LogP contribution is 2.12. The standard InChI is InChI=1S/C11H20N2O5/c1-4-18-8(14)5-6-12-10(17)13-7-11(2,3)9(15)16/h4-7H2,1-3H3,(H,15,16)(H2,12,13,17). The summed E-state index contributed by atoms with van der Waals surface area (Å²) in [6.07, 6.45) is 0.0869. The van der Waals surface area contributed by atoms with Gasteiger partial charge in [0.1, 0.15) is 0 Å². The van der Waals surface area contributed by atoms with E-state index in [1.807, 2.05) is 0 Å². The molecule has 0 fully saturated rings. The summed E-state index contributed by atoms with van der Waals surface area (Å²) in [5.74, 6) is -1.38. The Hall–Kier alpha value is -1.79. The fraction of sp³-hybridized carbons (Fsp3) is 0.727. The van der Waals surface area contributed by atoms with Crippen LogP contribution in [0.1, 0.15) is 27.2 Å². The summed E-state index contributed by atoms with van der Waals surface area (Å²) < 4.78 is 4.68. The van der Waals surface area contributed by atoms with Gasteiger partial charge in [0, 0.05) is 13.1 Å². The van der Waals surface area contributed by atoms with Gasteiger partial charge in [-0.3, -0.25) is 9.59 Å². The Balaban J connectivity index is 3.79. The first kappa shape index (κ1) is 16.2. The van der Waals surface area contributed by atoms with Gasteiger partial charge in [0.25, 0.3) is 0 Å². The molecule has 0 aromatic rings. The number of esters is 1. The van der Waals surface area contributed by atoms with E-state index in [-0.39, 0.29) is 25.5 Å². The Kier molecular flexibility index (Phi) is 6.77. The lowest BCUT2D eigenvalue weighted by atomic mass is 9.94. The lowest BCUT2D eigenvalue weighted by Crippen LogP contribution is -2.44. The smallest absolute Gasteiger partial charge is 0.314 e. The molecule has 7 heteroatoms. The maximum Gasteiger partial charge on any atom is 0.314 e. The van der Waals surface area contributed by atoms with Crippen LogP contribution in [0.4, 0.5) is 4.79 Å². The first-order valence-corrected chi connectivity index (χ1v) is 5.70. The summed E-state index contributed by atoms with van der Waals surface area (Å²) in [6.45, 7) is 5.18. The highest BCUT2D eigenvalue weighted by Gasteiger charge is 2.27. The third kappa shape index (κ3) is 6.72. The molecule has 0 aromatic carbocycles. The molecule has 0 rings (SSSR count). The number of carboxylic acids is 1. The molecule has 18 heavy (non-hydrogen) atoms. The van der Waals surface area contributed by atoms with Crippen molar-refractivity contribution >= 4 is 18.0 Å². The van der Waals surface area contributed by atoms with Gasteiger partial charge in [-0.15, -0.1) is 0 Å². The van der Waals surface area contributed by atoms with Crippen LogP contribution in [0.3, 0.4) is 0 Å². The Morgan fingerprint density at radius 1 is 1.22 bits per heavy atom. The van der Waals surface area contributed by atoms with Crippen LogP contribution in [-0.4, -0.2) is 42.8 Å². The van der Waals surface area contributed by atoms with Crippen LogP contribution >= 0.6 is 0 Å². The molecule has 0 bridgehead atoms. The minimum atomic E-state index is -1.03. The van der Waals surface area contributed by atoms with E-state index >= 15 is 0 Å². The number of nitrogens with one attached hydrogen (secondary N) is 2. The maximum atomic E-state index is 11.3. The van der Waals surface area contributed by atoms with Crippen LogP contribution in [0.15, 0.2) is 0 Å². The molecule has 0 unspecified atom stereocenters. The monoisotopic (exact) mass is 260 g/mol. The molecule has 0 aliphatic rings. The number of carbonyl (C=O) groups excluding carboxylic acids is 2. The number of urea groups is 1. The van der Waals surface area contributed by atoms with E-state index in [9.17, 15) is 14.4 Å². The highest BCUT2D eigenvalue weighted by molar-refractivity contribution is 5.78.